The van der Waals surface area contributed by atoms with Gasteiger partial charge in [-0.05, 0) is 30.3 Å². The standard InChI is InChI=1S/C15H8F6N2O2/c16-8-3-1-2-7(6-8)13(24)22-10-5-4-9(17)12(11(10)18)23-14(25)15(19,20)21/h1-6H,(H,22,24)(H,23,25). The van der Waals surface area contributed by atoms with E-state index in [0.717, 1.165) is 23.5 Å². The molecule has 25 heavy (non-hydrogen) atoms. The second kappa shape index (κ2) is 6.83. The highest BCUT2D eigenvalue weighted by Crippen LogP contribution is 2.28. The Morgan fingerprint density at radius 3 is 2.20 bits per heavy atom. The molecule has 4 nitrogen and oxygen atoms in total. The second-order valence-electron chi connectivity index (χ2n) is 4.70. The summed E-state index contributed by atoms with van der Waals surface area (Å²) in [7, 11) is 0. The maximum absolute atomic E-state index is 14.1. The molecule has 0 saturated carbocycles. The van der Waals surface area contributed by atoms with E-state index in [0.29, 0.717) is 6.07 Å². The summed E-state index contributed by atoms with van der Waals surface area (Å²) in [6.45, 7) is 0. The molecule has 0 heterocycles. The minimum absolute atomic E-state index is 0.204. The van der Waals surface area contributed by atoms with Crippen LogP contribution in [-0.4, -0.2) is 18.0 Å². The van der Waals surface area contributed by atoms with Crippen molar-refractivity contribution in [2.75, 3.05) is 10.6 Å². The SMILES string of the molecule is O=C(Nc1ccc(F)c(NC(=O)C(F)(F)F)c1F)c1cccc(F)c1. The van der Waals surface area contributed by atoms with E-state index in [4.69, 9.17) is 0 Å². The second-order valence-corrected chi connectivity index (χ2v) is 4.70. The molecule has 132 valence electrons. The van der Waals surface area contributed by atoms with Crippen LogP contribution < -0.4 is 10.6 Å². The van der Waals surface area contributed by atoms with Crippen molar-refractivity contribution in [1.29, 1.82) is 0 Å². The highest BCUT2D eigenvalue weighted by Gasteiger charge is 2.39. The summed E-state index contributed by atoms with van der Waals surface area (Å²) in [5.41, 5.74) is -2.28. The lowest BCUT2D eigenvalue weighted by atomic mass is 10.2. The van der Waals surface area contributed by atoms with E-state index in [2.05, 4.69) is 0 Å². The molecule has 0 bridgehead atoms. The Hall–Kier alpha value is -3.04. The van der Waals surface area contributed by atoms with Gasteiger partial charge >= 0.3 is 12.1 Å². The Kier molecular flexibility index (Phi) is 5.00. The van der Waals surface area contributed by atoms with Gasteiger partial charge in [-0.25, -0.2) is 13.2 Å². The maximum atomic E-state index is 14.1. The van der Waals surface area contributed by atoms with Crippen LogP contribution in [0.2, 0.25) is 0 Å². The summed E-state index contributed by atoms with van der Waals surface area (Å²) in [6.07, 6.45) is -5.36. The minimum Gasteiger partial charge on any atom is -0.319 e. The number of halogens is 6. The van der Waals surface area contributed by atoms with Gasteiger partial charge in [0.05, 0.1) is 5.69 Å². The van der Waals surface area contributed by atoms with E-state index in [1.54, 1.807) is 0 Å². The minimum atomic E-state index is -5.36. The van der Waals surface area contributed by atoms with Gasteiger partial charge in [0.1, 0.15) is 17.3 Å². The Morgan fingerprint density at radius 2 is 1.60 bits per heavy atom. The Bertz CT molecular complexity index is 835. The molecule has 0 aliphatic heterocycles. The summed E-state index contributed by atoms with van der Waals surface area (Å²) >= 11 is 0. The Labute approximate surface area is 136 Å². The lowest BCUT2D eigenvalue weighted by Crippen LogP contribution is -2.31. The van der Waals surface area contributed by atoms with E-state index in [1.807, 2.05) is 5.32 Å². The van der Waals surface area contributed by atoms with E-state index >= 15 is 0 Å². The first kappa shape index (κ1) is 18.3. The van der Waals surface area contributed by atoms with E-state index in [9.17, 15) is 35.9 Å². The average Bonchev–Trinajstić information content (AvgIpc) is 2.53. The zero-order valence-corrected chi connectivity index (χ0v) is 12.0. The zero-order chi connectivity index (χ0) is 18.8. The Balaban J connectivity index is 2.29. The molecule has 0 aliphatic rings. The number of carbonyl (C=O) groups excluding carboxylic acids is 2. The molecule has 0 aliphatic carbocycles. The summed E-state index contributed by atoms with van der Waals surface area (Å²) in [5, 5.41) is 3.01. The fourth-order valence-electron chi connectivity index (χ4n) is 1.77. The van der Waals surface area contributed by atoms with E-state index in [1.165, 1.54) is 12.1 Å². The first-order valence-electron chi connectivity index (χ1n) is 6.52. The number of rotatable bonds is 3. The smallest absolute Gasteiger partial charge is 0.319 e. The molecule has 0 saturated heterocycles. The van der Waals surface area contributed by atoms with Gasteiger partial charge in [-0.3, -0.25) is 9.59 Å². The number of benzene rings is 2. The van der Waals surface area contributed by atoms with Crippen LogP contribution >= 0.6 is 0 Å². The van der Waals surface area contributed by atoms with Crippen LogP contribution in [0, 0.1) is 17.5 Å². The molecule has 2 amide bonds. The van der Waals surface area contributed by atoms with Crippen LogP contribution in [-0.2, 0) is 4.79 Å². The van der Waals surface area contributed by atoms with Crippen molar-refractivity contribution in [3.63, 3.8) is 0 Å². The van der Waals surface area contributed by atoms with Crippen molar-refractivity contribution in [2.45, 2.75) is 6.18 Å². The lowest BCUT2D eigenvalue weighted by Gasteiger charge is -2.13. The summed E-state index contributed by atoms with van der Waals surface area (Å²) in [5.74, 6) is -7.41. The van der Waals surface area contributed by atoms with Crippen LogP contribution in [0.5, 0.6) is 0 Å². The summed E-state index contributed by atoms with van der Waals surface area (Å²) in [4.78, 5) is 22.7. The molecule has 2 aromatic rings. The number of alkyl halides is 3. The molecule has 2 N–H and O–H groups in total. The van der Waals surface area contributed by atoms with Crippen LogP contribution in [0.3, 0.4) is 0 Å². The number of hydrogen-bond donors (Lipinski definition) is 2. The van der Waals surface area contributed by atoms with Gasteiger partial charge in [0.2, 0.25) is 0 Å². The quantitative estimate of drug-likeness (QED) is 0.815. The predicted molar refractivity (Wildman–Crippen MR) is 75.4 cm³/mol. The number of carbonyl (C=O) groups is 2. The maximum Gasteiger partial charge on any atom is 0.471 e. The van der Waals surface area contributed by atoms with Gasteiger partial charge in [0, 0.05) is 5.56 Å². The van der Waals surface area contributed by atoms with Gasteiger partial charge in [-0.2, -0.15) is 13.2 Å². The highest BCUT2D eigenvalue weighted by molar-refractivity contribution is 6.05. The van der Waals surface area contributed by atoms with Gasteiger partial charge in [0.15, 0.2) is 5.82 Å². The summed E-state index contributed by atoms with van der Waals surface area (Å²) < 4.78 is 77.3. The number of nitrogens with one attached hydrogen (secondary N) is 2. The van der Waals surface area contributed by atoms with Crippen molar-refractivity contribution in [3.8, 4) is 0 Å². The fourth-order valence-corrected chi connectivity index (χ4v) is 1.77. The Morgan fingerprint density at radius 1 is 0.920 bits per heavy atom. The third-order valence-electron chi connectivity index (χ3n) is 2.92. The molecule has 2 rings (SSSR count). The van der Waals surface area contributed by atoms with Gasteiger partial charge in [-0.15, -0.1) is 0 Å². The van der Waals surface area contributed by atoms with Gasteiger partial charge < -0.3 is 10.6 Å². The van der Waals surface area contributed by atoms with E-state index in [-0.39, 0.29) is 5.56 Å². The number of anilines is 2. The molecule has 10 heteroatoms. The normalized spacial score (nSPS) is 11.1. The lowest BCUT2D eigenvalue weighted by molar-refractivity contribution is -0.167. The van der Waals surface area contributed by atoms with Crippen LogP contribution in [0.25, 0.3) is 0 Å². The topological polar surface area (TPSA) is 58.2 Å². The molecule has 0 fully saturated rings. The van der Waals surface area contributed by atoms with Crippen LogP contribution in [0.4, 0.5) is 37.7 Å². The van der Waals surface area contributed by atoms with Gasteiger partial charge in [0.25, 0.3) is 5.91 Å². The first-order valence-corrected chi connectivity index (χ1v) is 6.52. The molecular formula is C15H8F6N2O2. The molecule has 0 aromatic heterocycles. The number of hydrogen-bond acceptors (Lipinski definition) is 2. The highest BCUT2D eigenvalue weighted by atomic mass is 19.4. The molecule has 0 radical (unpaired) electrons. The summed E-state index contributed by atoms with van der Waals surface area (Å²) in [6, 6.07) is 5.59. The third kappa shape index (κ3) is 4.28. The van der Waals surface area contributed by atoms with Crippen molar-refractivity contribution < 1.29 is 35.9 Å². The monoisotopic (exact) mass is 362 g/mol. The fraction of sp³-hybridized carbons (Fsp3) is 0.0667. The molecular weight excluding hydrogens is 354 g/mol. The van der Waals surface area contributed by atoms with Gasteiger partial charge in [-0.1, -0.05) is 6.07 Å². The van der Waals surface area contributed by atoms with Crippen molar-refractivity contribution in [2.24, 2.45) is 0 Å². The van der Waals surface area contributed by atoms with Crippen LogP contribution in [0.15, 0.2) is 36.4 Å². The molecule has 0 atom stereocenters. The largest absolute Gasteiger partial charge is 0.471 e. The van der Waals surface area contributed by atoms with E-state index < -0.39 is 46.8 Å². The average molecular weight is 362 g/mol. The van der Waals surface area contributed by atoms with Crippen molar-refractivity contribution >= 4 is 23.2 Å². The van der Waals surface area contributed by atoms with Crippen LogP contribution in [0.1, 0.15) is 10.4 Å². The zero-order valence-electron chi connectivity index (χ0n) is 12.0. The molecule has 2 aromatic carbocycles. The predicted octanol–water partition coefficient (Wildman–Crippen LogP) is 3.86. The first-order chi connectivity index (χ1) is 11.6. The molecule has 0 spiro atoms. The van der Waals surface area contributed by atoms with Crippen molar-refractivity contribution in [1.82, 2.24) is 0 Å². The molecule has 0 unspecified atom stereocenters. The number of amides is 2. The van der Waals surface area contributed by atoms with Crippen molar-refractivity contribution in [3.05, 3.63) is 59.4 Å². The third-order valence-corrected chi connectivity index (χ3v) is 2.92.